The number of fused-ring (bicyclic) bond motifs is 1. The van der Waals surface area contributed by atoms with Crippen molar-refractivity contribution in [3.05, 3.63) is 101 Å². The number of phenols is 1. The topological polar surface area (TPSA) is 46.5 Å². The number of esters is 1. The van der Waals surface area contributed by atoms with Gasteiger partial charge in [-0.2, -0.15) is 0 Å². The van der Waals surface area contributed by atoms with Gasteiger partial charge in [0.15, 0.2) is 5.60 Å². The van der Waals surface area contributed by atoms with Gasteiger partial charge in [-0.05, 0) is 24.3 Å². The molecule has 24 heavy (non-hydrogen) atoms. The largest absolute Gasteiger partial charge is 0.507 e. The molecular weight excluding hydrogens is 307 g/mol. The Labute approximate surface area is 138 Å². The predicted molar refractivity (Wildman–Crippen MR) is 86.2 cm³/mol. The van der Waals surface area contributed by atoms with Crippen LogP contribution in [0.2, 0.25) is 0 Å². The van der Waals surface area contributed by atoms with E-state index in [1.807, 2.05) is 18.2 Å². The average Bonchev–Trinajstić information content (AvgIpc) is 2.92. The maximum atomic E-state index is 13.9. The van der Waals surface area contributed by atoms with Crippen LogP contribution in [0.3, 0.4) is 0 Å². The van der Waals surface area contributed by atoms with E-state index in [-0.39, 0.29) is 11.3 Å². The zero-order valence-electron chi connectivity index (χ0n) is 12.6. The van der Waals surface area contributed by atoms with E-state index >= 15 is 0 Å². The Kier molecular flexibility index (Phi) is 3.13. The molecule has 1 aliphatic rings. The lowest BCUT2D eigenvalue weighted by molar-refractivity contribution is 0.0244. The smallest absolute Gasteiger partial charge is 0.340 e. The lowest BCUT2D eigenvalue weighted by atomic mass is 9.79. The van der Waals surface area contributed by atoms with E-state index in [2.05, 4.69) is 0 Å². The number of hydrogen-bond donors (Lipinski definition) is 1. The minimum absolute atomic E-state index is 0.134. The first-order valence-corrected chi connectivity index (χ1v) is 7.50. The summed E-state index contributed by atoms with van der Waals surface area (Å²) >= 11 is 0. The summed E-state index contributed by atoms with van der Waals surface area (Å²) in [6.45, 7) is 0. The van der Waals surface area contributed by atoms with Crippen molar-refractivity contribution >= 4 is 5.97 Å². The monoisotopic (exact) mass is 320 g/mol. The van der Waals surface area contributed by atoms with E-state index in [0.717, 1.165) is 0 Å². The van der Waals surface area contributed by atoms with Crippen molar-refractivity contribution in [2.75, 3.05) is 0 Å². The fourth-order valence-corrected chi connectivity index (χ4v) is 3.25. The van der Waals surface area contributed by atoms with Crippen LogP contribution in [0.25, 0.3) is 0 Å². The van der Waals surface area contributed by atoms with Crippen LogP contribution in [0.4, 0.5) is 4.39 Å². The molecule has 4 rings (SSSR count). The third-order valence-electron chi connectivity index (χ3n) is 4.29. The number of rotatable bonds is 2. The summed E-state index contributed by atoms with van der Waals surface area (Å²) < 4.78 is 19.7. The molecule has 3 aromatic carbocycles. The molecule has 1 N–H and O–H groups in total. The van der Waals surface area contributed by atoms with Crippen molar-refractivity contribution in [3.63, 3.8) is 0 Å². The molecule has 0 saturated carbocycles. The Bertz CT molecular complexity index is 937. The third-order valence-corrected chi connectivity index (χ3v) is 4.29. The molecule has 0 fully saturated rings. The number of ether oxygens (including phenoxy) is 1. The second-order valence-corrected chi connectivity index (χ2v) is 5.64. The molecule has 0 radical (unpaired) electrons. The number of carbonyl (C=O) groups excluding carboxylic acids is 1. The Morgan fingerprint density at radius 2 is 1.58 bits per heavy atom. The van der Waals surface area contributed by atoms with Crippen LogP contribution in [0.5, 0.6) is 5.75 Å². The molecule has 0 aliphatic carbocycles. The molecule has 0 spiro atoms. The summed E-state index contributed by atoms with van der Waals surface area (Å²) in [5, 5.41) is 10.4. The maximum absolute atomic E-state index is 13.9. The van der Waals surface area contributed by atoms with Crippen molar-refractivity contribution in [1.82, 2.24) is 0 Å². The number of aromatic hydroxyl groups is 1. The highest BCUT2D eigenvalue weighted by Gasteiger charge is 2.49. The van der Waals surface area contributed by atoms with Gasteiger partial charge in [-0.15, -0.1) is 0 Å². The fourth-order valence-electron chi connectivity index (χ4n) is 3.25. The second kappa shape index (κ2) is 5.20. The van der Waals surface area contributed by atoms with E-state index in [0.29, 0.717) is 16.7 Å². The molecule has 1 unspecified atom stereocenters. The molecule has 3 nitrogen and oxygen atoms in total. The summed E-state index contributed by atoms with van der Waals surface area (Å²) in [5.41, 5.74) is 0.463. The normalized spacial score (nSPS) is 19.0. The first-order valence-electron chi connectivity index (χ1n) is 7.50. The first-order chi connectivity index (χ1) is 11.6. The molecule has 0 bridgehead atoms. The predicted octanol–water partition coefficient (Wildman–Crippen LogP) is 3.99. The minimum Gasteiger partial charge on any atom is -0.507 e. The third kappa shape index (κ3) is 1.93. The van der Waals surface area contributed by atoms with Crippen molar-refractivity contribution in [3.8, 4) is 5.75 Å². The molecule has 1 aliphatic heterocycles. The van der Waals surface area contributed by atoms with Gasteiger partial charge < -0.3 is 9.84 Å². The second-order valence-electron chi connectivity index (χ2n) is 5.64. The summed E-state index contributed by atoms with van der Waals surface area (Å²) in [6, 6.07) is 19.6. The maximum Gasteiger partial charge on any atom is 0.340 e. The van der Waals surface area contributed by atoms with Gasteiger partial charge in [-0.3, -0.25) is 0 Å². The number of phenolic OH excluding ortho intramolecular Hbond substituents is 1. The van der Waals surface area contributed by atoms with Gasteiger partial charge in [0.25, 0.3) is 0 Å². The standard InChI is InChI=1S/C20H13FO3/c21-14-10-11-18(22)17(12-14)20(13-6-2-1-3-7-13)16-9-5-4-8-15(16)19(23)24-20/h1-12,22H. The quantitative estimate of drug-likeness (QED) is 0.726. The molecule has 3 aromatic rings. The van der Waals surface area contributed by atoms with Crippen LogP contribution in [-0.2, 0) is 10.3 Å². The Hall–Kier alpha value is -3.14. The highest BCUT2D eigenvalue weighted by Crippen LogP contribution is 2.49. The van der Waals surface area contributed by atoms with E-state index in [9.17, 15) is 14.3 Å². The zero-order valence-corrected chi connectivity index (χ0v) is 12.6. The van der Waals surface area contributed by atoms with Crippen molar-refractivity contribution in [1.29, 1.82) is 0 Å². The molecule has 1 atom stereocenters. The average molecular weight is 320 g/mol. The number of carbonyl (C=O) groups is 1. The number of cyclic esters (lactones) is 1. The van der Waals surface area contributed by atoms with E-state index in [4.69, 9.17) is 4.74 Å². The van der Waals surface area contributed by atoms with Crippen LogP contribution >= 0.6 is 0 Å². The highest BCUT2D eigenvalue weighted by atomic mass is 19.1. The van der Waals surface area contributed by atoms with E-state index < -0.39 is 17.4 Å². The van der Waals surface area contributed by atoms with Crippen LogP contribution in [0, 0.1) is 5.82 Å². The lowest BCUT2D eigenvalue weighted by Crippen LogP contribution is -2.29. The van der Waals surface area contributed by atoms with Crippen molar-refractivity contribution < 1.29 is 19.0 Å². The Balaban J connectivity index is 2.11. The Morgan fingerprint density at radius 1 is 0.875 bits per heavy atom. The molecular formula is C20H13FO3. The van der Waals surface area contributed by atoms with Gasteiger partial charge in [-0.1, -0.05) is 48.5 Å². The summed E-state index contributed by atoms with van der Waals surface area (Å²) in [4.78, 5) is 12.4. The SMILES string of the molecule is O=C1OC(c2ccccc2)(c2cc(F)ccc2O)c2ccccc21. The lowest BCUT2D eigenvalue weighted by Gasteiger charge is -2.30. The number of hydrogen-bond acceptors (Lipinski definition) is 3. The molecule has 1 heterocycles. The van der Waals surface area contributed by atoms with Gasteiger partial charge in [-0.25, -0.2) is 9.18 Å². The molecule has 0 aromatic heterocycles. The summed E-state index contributed by atoms with van der Waals surface area (Å²) in [7, 11) is 0. The number of halogens is 1. The van der Waals surface area contributed by atoms with Crippen LogP contribution < -0.4 is 0 Å². The van der Waals surface area contributed by atoms with Gasteiger partial charge >= 0.3 is 5.97 Å². The van der Waals surface area contributed by atoms with Crippen LogP contribution in [-0.4, -0.2) is 11.1 Å². The first kappa shape index (κ1) is 14.5. The van der Waals surface area contributed by atoms with Crippen LogP contribution in [0.1, 0.15) is 27.0 Å². The van der Waals surface area contributed by atoms with Crippen LogP contribution in [0.15, 0.2) is 72.8 Å². The van der Waals surface area contributed by atoms with Crippen molar-refractivity contribution in [2.45, 2.75) is 5.60 Å². The Morgan fingerprint density at radius 3 is 2.38 bits per heavy atom. The fraction of sp³-hybridized carbons (Fsp3) is 0.0500. The molecule has 0 saturated heterocycles. The van der Waals surface area contributed by atoms with Gasteiger partial charge in [0.1, 0.15) is 11.6 Å². The van der Waals surface area contributed by atoms with Gasteiger partial charge in [0, 0.05) is 16.7 Å². The van der Waals surface area contributed by atoms with Crippen molar-refractivity contribution in [2.24, 2.45) is 0 Å². The minimum atomic E-state index is -1.37. The highest BCUT2D eigenvalue weighted by molar-refractivity contribution is 5.96. The number of benzene rings is 3. The summed E-state index contributed by atoms with van der Waals surface area (Å²) in [5.74, 6) is -1.15. The van der Waals surface area contributed by atoms with Gasteiger partial charge in [0.05, 0.1) is 5.56 Å². The molecule has 118 valence electrons. The van der Waals surface area contributed by atoms with E-state index in [1.54, 1.807) is 36.4 Å². The molecule has 0 amide bonds. The van der Waals surface area contributed by atoms with E-state index in [1.165, 1.54) is 18.2 Å². The van der Waals surface area contributed by atoms with Gasteiger partial charge in [0.2, 0.25) is 0 Å². The summed E-state index contributed by atoms with van der Waals surface area (Å²) in [6.07, 6.45) is 0. The zero-order chi connectivity index (χ0) is 16.7. The molecule has 4 heteroatoms.